The number of carbonyl (C=O) groups is 3. The largest absolute Gasteiger partial charge is 0.451 e. The molecule has 3 amide bonds. The Kier molecular flexibility index (Phi) is 7.97. The van der Waals surface area contributed by atoms with Crippen LogP contribution in [0.5, 0.6) is 0 Å². The van der Waals surface area contributed by atoms with Gasteiger partial charge in [0, 0.05) is 17.8 Å². The van der Waals surface area contributed by atoms with Gasteiger partial charge in [0.25, 0.3) is 5.91 Å². The standard InChI is InChI=1S/C25H25N3O4/c1-18(32-23(29)17-27-25(31)26-16-19-10-4-2-5-11-19)24(30)28-22-15-9-8-14-21(22)20-12-6-3-7-13-20/h2-15,18H,16-17H2,1H3,(H,28,30)(H2,26,27,31). The zero-order chi connectivity index (χ0) is 22.8. The highest BCUT2D eigenvalue weighted by molar-refractivity contribution is 5.98. The molecule has 3 N–H and O–H groups in total. The first-order valence-corrected chi connectivity index (χ1v) is 10.2. The molecule has 0 fully saturated rings. The van der Waals surface area contributed by atoms with Crippen molar-refractivity contribution in [2.45, 2.75) is 19.6 Å². The fourth-order valence-corrected chi connectivity index (χ4v) is 2.98. The number of benzene rings is 3. The molecule has 0 aliphatic carbocycles. The minimum atomic E-state index is -1.03. The van der Waals surface area contributed by atoms with Gasteiger partial charge in [-0.25, -0.2) is 4.79 Å². The maximum Gasteiger partial charge on any atom is 0.326 e. The lowest BCUT2D eigenvalue weighted by molar-refractivity contribution is -0.152. The second-order valence-electron chi connectivity index (χ2n) is 7.05. The van der Waals surface area contributed by atoms with Crippen molar-refractivity contribution in [2.75, 3.05) is 11.9 Å². The van der Waals surface area contributed by atoms with Gasteiger partial charge in [0.2, 0.25) is 0 Å². The predicted molar refractivity (Wildman–Crippen MR) is 123 cm³/mol. The van der Waals surface area contributed by atoms with E-state index in [4.69, 9.17) is 4.74 Å². The zero-order valence-corrected chi connectivity index (χ0v) is 17.7. The molecule has 0 saturated heterocycles. The lowest BCUT2D eigenvalue weighted by atomic mass is 10.0. The van der Waals surface area contributed by atoms with Crippen molar-refractivity contribution in [2.24, 2.45) is 0 Å². The van der Waals surface area contributed by atoms with E-state index in [0.29, 0.717) is 12.2 Å². The number of hydrogen-bond acceptors (Lipinski definition) is 4. The molecule has 32 heavy (non-hydrogen) atoms. The molecule has 164 valence electrons. The van der Waals surface area contributed by atoms with E-state index >= 15 is 0 Å². The van der Waals surface area contributed by atoms with E-state index in [0.717, 1.165) is 16.7 Å². The Bertz CT molecular complexity index is 1060. The molecule has 0 radical (unpaired) electrons. The van der Waals surface area contributed by atoms with Gasteiger partial charge in [0.15, 0.2) is 6.10 Å². The Morgan fingerprint density at radius 2 is 1.44 bits per heavy atom. The summed E-state index contributed by atoms with van der Waals surface area (Å²) in [5.74, 6) is -1.17. The number of ether oxygens (including phenoxy) is 1. The topological polar surface area (TPSA) is 96.5 Å². The normalized spacial score (nSPS) is 11.2. The fourth-order valence-electron chi connectivity index (χ4n) is 2.98. The number of para-hydroxylation sites is 1. The molecule has 0 aromatic heterocycles. The van der Waals surface area contributed by atoms with Crippen LogP contribution in [0.15, 0.2) is 84.9 Å². The molecule has 0 aliphatic rings. The highest BCUT2D eigenvalue weighted by Crippen LogP contribution is 2.27. The summed E-state index contributed by atoms with van der Waals surface area (Å²) in [6.45, 7) is 1.47. The minimum Gasteiger partial charge on any atom is -0.451 e. The molecule has 0 aliphatic heterocycles. The van der Waals surface area contributed by atoms with E-state index in [9.17, 15) is 14.4 Å². The van der Waals surface area contributed by atoms with Crippen molar-refractivity contribution in [1.29, 1.82) is 0 Å². The van der Waals surface area contributed by atoms with Gasteiger partial charge >= 0.3 is 12.0 Å². The second kappa shape index (κ2) is 11.3. The Labute approximate surface area is 186 Å². The lowest BCUT2D eigenvalue weighted by Gasteiger charge is -2.16. The third-order valence-corrected chi connectivity index (χ3v) is 4.64. The van der Waals surface area contributed by atoms with Crippen LogP contribution in [0.1, 0.15) is 12.5 Å². The van der Waals surface area contributed by atoms with Crippen LogP contribution in [0, 0.1) is 0 Å². The summed E-state index contributed by atoms with van der Waals surface area (Å²) in [4.78, 5) is 36.4. The van der Waals surface area contributed by atoms with Crippen molar-refractivity contribution in [3.8, 4) is 11.1 Å². The van der Waals surface area contributed by atoms with Gasteiger partial charge in [-0.05, 0) is 24.1 Å². The maximum atomic E-state index is 12.5. The molecule has 7 heteroatoms. The van der Waals surface area contributed by atoms with E-state index in [2.05, 4.69) is 16.0 Å². The summed E-state index contributed by atoms with van der Waals surface area (Å²) in [7, 11) is 0. The van der Waals surface area contributed by atoms with Gasteiger partial charge in [0.05, 0.1) is 0 Å². The molecule has 0 spiro atoms. The number of urea groups is 1. The summed E-state index contributed by atoms with van der Waals surface area (Å²) in [5.41, 5.74) is 3.37. The Morgan fingerprint density at radius 3 is 2.16 bits per heavy atom. The van der Waals surface area contributed by atoms with Gasteiger partial charge in [-0.3, -0.25) is 9.59 Å². The van der Waals surface area contributed by atoms with E-state index in [1.54, 1.807) is 6.07 Å². The van der Waals surface area contributed by atoms with Crippen LogP contribution in [0.3, 0.4) is 0 Å². The molecule has 0 heterocycles. The molecule has 3 aromatic rings. The van der Waals surface area contributed by atoms with E-state index in [1.807, 2.05) is 78.9 Å². The molecule has 1 unspecified atom stereocenters. The number of carbonyl (C=O) groups excluding carboxylic acids is 3. The average Bonchev–Trinajstić information content (AvgIpc) is 2.83. The molecule has 3 aromatic carbocycles. The van der Waals surface area contributed by atoms with Crippen LogP contribution in [0.25, 0.3) is 11.1 Å². The highest BCUT2D eigenvalue weighted by atomic mass is 16.5. The van der Waals surface area contributed by atoms with Gasteiger partial charge in [0.1, 0.15) is 6.54 Å². The number of anilines is 1. The first-order chi connectivity index (χ1) is 15.5. The van der Waals surface area contributed by atoms with E-state index < -0.39 is 24.0 Å². The predicted octanol–water partition coefficient (Wildman–Crippen LogP) is 3.72. The van der Waals surface area contributed by atoms with Crippen molar-refractivity contribution in [3.63, 3.8) is 0 Å². The number of hydrogen-bond donors (Lipinski definition) is 3. The highest BCUT2D eigenvalue weighted by Gasteiger charge is 2.19. The SMILES string of the molecule is CC(OC(=O)CNC(=O)NCc1ccccc1)C(=O)Nc1ccccc1-c1ccccc1. The second-order valence-corrected chi connectivity index (χ2v) is 7.05. The number of esters is 1. The first-order valence-electron chi connectivity index (χ1n) is 10.2. The molecular formula is C25H25N3O4. The van der Waals surface area contributed by atoms with Gasteiger partial charge in [-0.2, -0.15) is 0 Å². The van der Waals surface area contributed by atoms with E-state index in [1.165, 1.54) is 6.92 Å². The summed E-state index contributed by atoms with van der Waals surface area (Å²) in [5, 5.41) is 7.87. The molecule has 0 saturated carbocycles. The number of rotatable bonds is 8. The maximum absolute atomic E-state index is 12.5. The monoisotopic (exact) mass is 431 g/mol. The van der Waals surface area contributed by atoms with Crippen LogP contribution in [-0.2, 0) is 20.9 Å². The smallest absolute Gasteiger partial charge is 0.326 e. The Morgan fingerprint density at radius 1 is 0.812 bits per heavy atom. The fraction of sp³-hybridized carbons (Fsp3) is 0.160. The lowest BCUT2D eigenvalue weighted by Crippen LogP contribution is -2.40. The Balaban J connectivity index is 1.46. The summed E-state index contributed by atoms with van der Waals surface area (Å²) in [6, 6.07) is 25.9. The molecule has 3 rings (SSSR count). The van der Waals surface area contributed by atoms with Crippen molar-refractivity contribution in [1.82, 2.24) is 10.6 Å². The van der Waals surface area contributed by atoms with Crippen LogP contribution in [-0.4, -0.2) is 30.6 Å². The van der Waals surface area contributed by atoms with Crippen molar-refractivity contribution in [3.05, 3.63) is 90.5 Å². The van der Waals surface area contributed by atoms with Gasteiger partial charge in [-0.1, -0.05) is 78.9 Å². The number of nitrogens with one attached hydrogen (secondary N) is 3. The quantitative estimate of drug-likeness (QED) is 0.474. The van der Waals surface area contributed by atoms with Crippen LogP contribution < -0.4 is 16.0 Å². The first kappa shape index (κ1) is 22.6. The third-order valence-electron chi connectivity index (χ3n) is 4.64. The molecular weight excluding hydrogens is 406 g/mol. The summed E-state index contributed by atoms with van der Waals surface area (Å²) in [6.07, 6.45) is -1.03. The average molecular weight is 431 g/mol. The summed E-state index contributed by atoms with van der Waals surface area (Å²) < 4.78 is 5.15. The molecule has 7 nitrogen and oxygen atoms in total. The summed E-state index contributed by atoms with van der Waals surface area (Å²) >= 11 is 0. The van der Waals surface area contributed by atoms with E-state index in [-0.39, 0.29) is 6.54 Å². The molecule has 0 bridgehead atoms. The van der Waals surface area contributed by atoms with Crippen LogP contribution in [0.2, 0.25) is 0 Å². The van der Waals surface area contributed by atoms with Gasteiger partial charge < -0.3 is 20.7 Å². The van der Waals surface area contributed by atoms with Crippen LogP contribution >= 0.6 is 0 Å². The van der Waals surface area contributed by atoms with Gasteiger partial charge in [-0.15, -0.1) is 0 Å². The third kappa shape index (κ3) is 6.70. The zero-order valence-electron chi connectivity index (χ0n) is 17.7. The van der Waals surface area contributed by atoms with Crippen molar-refractivity contribution >= 4 is 23.6 Å². The number of amides is 3. The molecule has 1 atom stereocenters. The Hall–Kier alpha value is -4.13. The minimum absolute atomic E-state index is 0.335. The van der Waals surface area contributed by atoms with Crippen LogP contribution in [0.4, 0.5) is 10.5 Å². The van der Waals surface area contributed by atoms with Crippen molar-refractivity contribution < 1.29 is 19.1 Å².